The van der Waals surface area contributed by atoms with Crippen molar-refractivity contribution in [3.8, 4) is 17.3 Å². The first-order valence-corrected chi connectivity index (χ1v) is 11.8. The van der Waals surface area contributed by atoms with E-state index in [9.17, 15) is 23.0 Å². The highest BCUT2D eigenvalue weighted by molar-refractivity contribution is 7.92. The quantitative estimate of drug-likeness (QED) is 0.493. The van der Waals surface area contributed by atoms with E-state index in [0.717, 1.165) is 0 Å². The fourth-order valence-corrected chi connectivity index (χ4v) is 3.44. The molecule has 0 saturated heterocycles. The summed E-state index contributed by atoms with van der Waals surface area (Å²) in [6, 6.07) is 7.41. The summed E-state index contributed by atoms with van der Waals surface area (Å²) >= 11 is 0. The third-order valence-corrected chi connectivity index (χ3v) is 5.85. The maximum atomic E-state index is 13.5. The van der Waals surface area contributed by atoms with Crippen molar-refractivity contribution in [2.45, 2.75) is 51.7 Å². The summed E-state index contributed by atoms with van der Waals surface area (Å²) < 4.78 is 40.0. The van der Waals surface area contributed by atoms with Crippen LogP contribution in [0.25, 0.3) is 17.3 Å². The van der Waals surface area contributed by atoms with Crippen LogP contribution in [0.3, 0.4) is 0 Å². The predicted octanol–water partition coefficient (Wildman–Crippen LogP) is 3.21. The molecular formula is C22H27FN4O4S. The van der Waals surface area contributed by atoms with Crippen LogP contribution in [0.4, 0.5) is 10.3 Å². The van der Waals surface area contributed by atoms with Gasteiger partial charge in [-0.15, -0.1) is 0 Å². The molecule has 0 bridgehead atoms. The van der Waals surface area contributed by atoms with Crippen LogP contribution in [-0.2, 0) is 10.0 Å². The lowest BCUT2D eigenvalue weighted by molar-refractivity contribution is 0.107. The topological polar surface area (TPSA) is 136 Å². The van der Waals surface area contributed by atoms with E-state index in [1.54, 1.807) is 6.08 Å². The molecule has 0 aliphatic heterocycles. The fraction of sp³-hybridized carbons (Fsp3) is 0.409. The van der Waals surface area contributed by atoms with Gasteiger partial charge in [0.2, 0.25) is 16.0 Å². The number of nitrogens with one attached hydrogen (secondary N) is 1. The van der Waals surface area contributed by atoms with Crippen molar-refractivity contribution in [2.24, 2.45) is 0 Å². The maximum Gasteiger partial charge on any atom is 0.237 e. The molecule has 0 aliphatic rings. The Kier molecular flexibility index (Phi) is 8.83. The molecule has 0 amide bonds. The number of anilines is 1. The van der Waals surface area contributed by atoms with Gasteiger partial charge >= 0.3 is 0 Å². The van der Waals surface area contributed by atoms with E-state index in [1.165, 1.54) is 37.3 Å². The Morgan fingerprint density at radius 1 is 1.22 bits per heavy atom. The zero-order valence-electron chi connectivity index (χ0n) is 18.2. The van der Waals surface area contributed by atoms with Crippen LogP contribution in [0.1, 0.15) is 50.8 Å². The lowest BCUT2D eigenvalue weighted by Crippen LogP contribution is -2.18. The zero-order chi connectivity index (χ0) is 23.9. The monoisotopic (exact) mass is 462 g/mol. The number of nitrogens with zero attached hydrogens (tertiary/aromatic N) is 3. The second-order valence-electron chi connectivity index (χ2n) is 7.54. The minimum absolute atomic E-state index is 0.0256. The molecule has 10 heteroatoms. The summed E-state index contributed by atoms with van der Waals surface area (Å²) in [5.74, 6) is -0.823. The van der Waals surface area contributed by atoms with Crippen molar-refractivity contribution >= 4 is 22.0 Å². The number of halogens is 1. The predicted molar refractivity (Wildman–Crippen MR) is 120 cm³/mol. The van der Waals surface area contributed by atoms with Gasteiger partial charge < -0.3 is 10.2 Å². The highest BCUT2D eigenvalue weighted by Gasteiger charge is 2.19. The molecule has 2 unspecified atom stereocenters. The number of rotatable bonds is 10. The van der Waals surface area contributed by atoms with E-state index in [0.29, 0.717) is 22.5 Å². The van der Waals surface area contributed by atoms with Gasteiger partial charge in [0.25, 0.3) is 0 Å². The van der Waals surface area contributed by atoms with E-state index in [4.69, 9.17) is 5.26 Å². The van der Waals surface area contributed by atoms with Crippen molar-refractivity contribution in [3.63, 3.8) is 0 Å². The Hall–Kier alpha value is -2.87. The summed E-state index contributed by atoms with van der Waals surface area (Å²) in [6.45, 7) is 5.24. The number of aromatic nitrogens is 2. The maximum absolute atomic E-state index is 13.5. The number of benzene rings is 1. The summed E-state index contributed by atoms with van der Waals surface area (Å²) in [5, 5.41) is 28.6. The van der Waals surface area contributed by atoms with Gasteiger partial charge in [-0.1, -0.05) is 26.0 Å². The van der Waals surface area contributed by atoms with Gasteiger partial charge in [-0.25, -0.2) is 22.8 Å². The van der Waals surface area contributed by atoms with E-state index < -0.39 is 28.0 Å². The van der Waals surface area contributed by atoms with Crippen molar-refractivity contribution in [1.29, 1.82) is 5.26 Å². The summed E-state index contributed by atoms with van der Waals surface area (Å²) in [5.41, 5.74) is 1.94. The van der Waals surface area contributed by atoms with Crippen LogP contribution < -0.4 is 4.72 Å². The van der Waals surface area contributed by atoms with Crippen molar-refractivity contribution in [2.75, 3.05) is 10.5 Å². The van der Waals surface area contributed by atoms with Crippen LogP contribution in [0.15, 0.2) is 30.3 Å². The highest BCUT2D eigenvalue weighted by Crippen LogP contribution is 2.31. The molecule has 0 radical (unpaired) electrons. The Labute approximate surface area is 187 Å². The lowest BCUT2D eigenvalue weighted by atomic mass is 9.97. The smallest absolute Gasteiger partial charge is 0.237 e. The third-order valence-electron chi connectivity index (χ3n) is 4.59. The highest BCUT2D eigenvalue weighted by atomic mass is 32.2. The number of hydrogen-bond donors (Lipinski definition) is 3. The summed E-state index contributed by atoms with van der Waals surface area (Å²) in [7, 11) is -3.63. The fourth-order valence-electron chi connectivity index (χ4n) is 2.93. The van der Waals surface area contributed by atoms with E-state index in [-0.39, 0.29) is 30.5 Å². The number of sulfonamides is 1. The molecule has 0 aliphatic carbocycles. The molecule has 0 spiro atoms. The molecule has 1 aromatic carbocycles. The molecule has 0 saturated carbocycles. The Balaban J connectivity index is 2.60. The van der Waals surface area contributed by atoms with E-state index in [2.05, 4.69) is 14.7 Å². The Bertz CT molecular complexity index is 1100. The largest absolute Gasteiger partial charge is 0.392 e. The molecule has 1 aromatic heterocycles. The number of aliphatic hydroxyl groups excluding tert-OH is 2. The van der Waals surface area contributed by atoms with E-state index >= 15 is 0 Å². The lowest BCUT2D eigenvalue weighted by Gasteiger charge is -2.17. The first-order chi connectivity index (χ1) is 15.1. The molecule has 2 aromatic rings. The number of hydrogen-bond acceptors (Lipinski definition) is 7. The molecule has 1 heterocycles. The van der Waals surface area contributed by atoms with Gasteiger partial charge in [0.15, 0.2) is 0 Å². The Morgan fingerprint density at radius 2 is 1.88 bits per heavy atom. The standard InChI is InChI=1S/C22H27FN4O4S/c1-4-32(30,31)27-22-25-20(14(2)3)19(10-9-17(28)13-18(29)11-12-24)21(26-22)15-5-7-16(23)8-6-15/h5-10,14,17-18,28-29H,4,11,13H2,1-3H3,(H,25,26,27). The molecule has 32 heavy (non-hydrogen) atoms. The van der Waals surface area contributed by atoms with Crippen molar-refractivity contribution < 1.29 is 23.0 Å². The molecule has 0 fully saturated rings. The van der Waals surface area contributed by atoms with E-state index in [1.807, 2.05) is 19.9 Å². The van der Waals surface area contributed by atoms with Gasteiger partial charge in [0.05, 0.1) is 41.8 Å². The molecule has 3 N–H and O–H groups in total. The van der Waals surface area contributed by atoms with Gasteiger partial charge in [-0.05, 0) is 37.1 Å². The zero-order valence-corrected chi connectivity index (χ0v) is 19.0. The first-order valence-electron chi connectivity index (χ1n) is 10.2. The van der Waals surface area contributed by atoms with Gasteiger partial charge in [0, 0.05) is 17.5 Å². The van der Waals surface area contributed by atoms with Crippen LogP contribution >= 0.6 is 0 Å². The second kappa shape index (κ2) is 11.1. The molecule has 172 valence electrons. The SMILES string of the molecule is CCS(=O)(=O)Nc1nc(-c2ccc(F)cc2)c(C=CC(O)CC(O)CC#N)c(C(C)C)n1. The second-order valence-corrected chi connectivity index (χ2v) is 9.55. The molecule has 2 atom stereocenters. The van der Waals surface area contributed by atoms with Gasteiger partial charge in [0.1, 0.15) is 5.82 Å². The van der Waals surface area contributed by atoms with Crippen LogP contribution in [0.2, 0.25) is 0 Å². The molecule has 2 rings (SSSR count). The minimum atomic E-state index is -3.63. The number of aliphatic hydroxyl groups is 2. The average Bonchev–Trinajstić information content (AvgIpc) is 2.72. The van der Waals surface area contributed by atoms with Gasteiger partial charge in [-0.3, -0.25) is 4.72 Å². The first kappa shape index (κ1) is 25.4. The minimum Gasteiger partial charge on any atom is -0.392 e. The van der Waals surface area contributed by atoms with Crippen molar-refractivity contribution in [3.05, 3.63) is 47.4 Å². The van der Waals surface area contributed by atoms with Crippen LogP contribution in [0, 0.1) is 17.1 Å². The van der Waals surface area contributed by atoms with Crippen LogP contribution in [-0.4, -0.2) is 46.6 Å². The number of nitriles is 1. The van der Waals surface area contributed by atoms with Gasteiger partial charge in [-0.2, -0.15) is 5.26 Å². The average molecular weight is 463 g/mol. The normalized spacial score (nSPS) is 13.8. The van der Waals surface area contributed by atoms with Crippen LogP contribution in [0.5, 0.6) is 0 Å². The summed E-state index contributed by atoms with van der Waals surface area (Å²) in [6.07, 6.45) is 0.922. The third kappa shape index (κ3) is 7.09. The van der Waals surface area contributed by atoms with Crippen molar-refractivity contribution in [1.82, 2.24) is 9.97 Å². The Morgan fingerprint density at radius 3 is 2.44 bits per heavy atom. The molecule has 8 nitrogen and oxygen atoms in total. The summed E-state index contributed by atoms with van der Waals surface area (Å²) in [4.78, 5) is 8.74. The molecular weight excluding hydrogens is 435 g/mol.